The third kappa shape index (κ3) is 2.68. The predicted octanol–water partition coefficient (Wildman–Crippen LogP) is 4.33. The van der Waals surface area contributed by atoms with Gasteiger partial charge in [0.1, 0.15) is 16.9 Å². The van der Waals surface area contributed by atoms with Crippen LogP contribution in [0.15, 0.2) is 48.7 Å². The van der Waals surface area contributed by atoms with Gasteiger partial charge in [0.2, 0.25) is 5.91 Å². The second-order valence-electron chi connectivity index (χ2n) is 6.12. The lowest BCUT2D eigenvalue weighted by atomic mass is 10.1. The molecule has 1 aromatic heterocycles. The Morgan fingerprint density at radius 2 is 1.92 bits per heavy atom. The highest BCUT2D eigenvalue weighted by atomic mass is 32.2. The van der Waals surface area contributed by atoms with Crippen molar-refractivity contribution in [3.05, 3.63) is 71.4 Å². The predicted molar refractivity (Wildman–Crippen MR) is 95.9 cm³/mol. The monoisotopic (exact) mass is 372 g/mol. The Morgan fingerprint density at radius 1 is 1.12 bits per heavy atom. The van der Waals surface area contributed by atoms with Gasteiger partial charge in [-0.25, -0.2) is 8.78 Å². The smallest absolute Gasteiger partial charge is 0.289 e. The molecule has 1 aliphatic heterocycles. The lowest BCUT2D eigenvalue weighted by molar-refractivity contribution is -0.125. The minimum absolute atomic E-state index is 0.240. The first-order valence-electron chi connectivity index (χ1n) is 7.95. The number of thioether (sulfide) groups is 1. The number of nitrogens with zero attached hydrogens (tertiary/aromatic N) is 2. The van der Waals surface area contributed by atoms with Gasteiger partial charge in [0.25, 0.3) is 5.24 Å². The van der Waals surface area contributed by atoms with Gasteiger partial charge >= 0.3 is 0 Å². The highest BCUT2D eigenvalue weighted by molar-refractivity contribution is 8.15. The van der Waals surface area contributed by atoms with Crippen molar-refractivity contribution in [2.75, 3.05) is 7.05 Å². The van der Waals surface area contributed by atoms with E-state index in [2.05, 4.69) is 0 Å². The van der Waals surface area contributed by atoms with Crippen LogP contribution in [0.3, 0.4) is 0 Å². The van der Waals surface area contributed by atoms with E-state index in [1.165, 1.54) is 19.2 Å². The van der Waals surface area contributed by atoms with Gasteiger partial charge in [-0.3, -0.25) is 14.5 Å². The largest absolute Gasteiger partial charge is 0.343 e. The Bertz CT molecular complexity index is 1050. The van der Waals surface area contributed by atoms with Gasteiger partial charge in [0, 0.05) is 35.8 Å². The van der Waals surface area contributed by atoms with Crippen molar-refractivity contribution in [1.29, 1.82) is 0 Å². The second kappa shape index (κ2) is 6.25. The molecule has 1 unspecified atom stereocenters. The standard InChI is InChI=1S/C19H14F2N2O2S/c1-22-18(24)17(26-19(22)25)14-3-2-4-16-13(14)7-8-23(16)10-11-5-6-12(20)9-15(11)21/h2-9,17H,10H2,1H3. The molecule has 1 saturated heterocycles. The molecule has 2 amide bonds. The molecule has 7 heteroatoms. The molecular weight excluding hydrogens is 358 g/mol. The van der Waals surface area contributed by atoms with Crippen LogP contribution in [-0.4, -0.2) is 27.7 Å². The molecule has 3 aromatic rings. The normalized spacial score (nSPS) is 17.5. The first-order chi connectivity index (χ1) is 12.5. The number of fused-ring (bicyclic) bond motifs is 1. The van der Waals surface area contributed by atoms with Gasteiger partial charge in [-0.1, -0.05) is 18.2 Å². The highest BCUT2D eigenvalue weighted by Gasteiger charge is 2.39. The maximum absolute atomic E-state index is 14.0. The number of halogens is 2. The summed E-state index contributed by atoms with van der Waals surface area (Å²) in [6.45, 7) is 0.240. The summed E-state index contributed by atoms with van der Waals surface area (Å²) in [6, 6.07) is 10.9. The third-order valence-electron chi connectivity index (χ3n) is 4.53. The van der Waals surface area contributed by atoms with Crippen LogP contribution in [-0.2, 0) is 11.3 Å². The first-order valence-corrected chi connectivity index (χ1v) is 8.83. The zero-order chi connectivity index (χ0) is 18.4. The molecule has 0 aliphatic carbocycles. The molecule has 0 N–H and O–H groups in total. The molecule has 26 heavy (non-hydrogen) atoms. The quantitative estimate of drug-likeness (QED) is 0.687. The van der Waals surface area contributed by atoms with Gasteiger partial charge in [-0.15, -0.1) is 0 Å². The third-order valence-corrected chi connectivity index (χ3v) is 5.70. The molecule has 2 aromatic carbocycles. The molecule has 0 radical (unpaired) electrons. The van der Waals surface area contributed by atoms with Crippen LogP contribution < -0.4 is 0 Å². The SMILES string of the molecule is CN1C(=O)SC(c2cccc3c2ccn3Cc2ccc(F)cc2F)C1=O. The summed E-state index contributed by atoms with van der Waals surface area (Å²) in [5.41, 5.74) is 1.95. The van der Waals surface area contributed by atoms with Crippen LogP contribution in [0.25, 0.3) is 10.9 Å². The van der Waals surface area contributed by atoms with E-state index in [1.54, 1.807) is 6.20 Å². The lowest BCUT2D eigenvalue weighted by Gasteiger charge is -2.11. The van der Waals surface area contributed by atoms with Crippen molar-refractivity contribution >= 4 is 33.8 Å². The molecule has 0 bridgehead atoms. The fourth-order valence-electron chi connectivity index (χ4n) is 3.14. The molecule has 2 heterocycles. The zero-order valence-electron chi connectivity index (χ0n) is 13.8. The molecule has 1 fully saturated rings. The summed E-state index contributed by atoms with van der Waals surface area (Å²) < 4.78 is 28.9. The highest BCUT2D eigenvalue weighted by Crippen LogP contribution is 2.41. The fourth-order valence-corrected chi connectivity index (χ4v) is 4.18. The van der Waals surface area contributed by atoms with Gasteiger partial charge in [0.15, 0.2) is 0 Å². The number of likely N-dealkylation sites (N-methyl/N-ethyl adjacent to an activating group) is 1. The number of aromatic nitrogens is 1. The summed E-state index contributed by atoms with van der Waals surface area (Å²) in [7, 11) is 1.47. The van der Waals surface area contributed by atoms with Crippen LogP contribution in [0.4, 0.5) is 13.6 Å². The van der Waals surface area contributed by atoms with Crippen LogP contribution in [0.5, 0.6) is 0 Å². The molecular formula is C19H14F2N2O2S. The number of benzene rings is 2. The molecule has 1 aliphatic rings. The zero-order valence-corrected chi connectivity index (χ0v) is 14.6. The Kier molecular flexibility index (Phi) is 4.03. The van der Waals surface area contributed by atoms with E-state index in [4.69, 9.17) is 0 Å². The number of amides is 2. The molecule has 132 valence electrons. The van der Waals surface area contributed by atoms with E-state index in [-0.39, 0.29) is 17.7 Å². The number of rotatable bonds is 3. The Labute approximate surface area is 152 Å². The van der Waals surface area contributed by atoms with Crippen LogP contribution in [0.1, 0.15) is 16.4 Å². The summed E-state index contributed by atoms with van der Waals surface area (Å²) in [5.74, 6) is -1.46. The number of imide groups is 1. The van der Waals surface area contributed by atoms with E-state index in [1.807, 2.05) is 28.8 Å². The number of carbonyl (C=O) groups is 2. The Morgan fingerprint density at radius 3 is 2.62 bits per heavy atom. The molecule has 0 spiro atoms. The van der Waals surface area contributed by atoms with Crippen molar-refractivity contribution in [1.82, 2.24) is 9.47 Å². The molecule has 1 atom stereocenters. The van der Waals surface area contributed by atoms with Gasteiger partial charge in [-0.05, 0) is 35.5 Å². The Hall–Kier alpha value is -2.67. The van der Waals surface area contributed by atoms with Crippen LogP contribution >= 0.6 is 11.8 Å². The van der Waals surface area contributed by atoms with Crippen LogP contribution in [0.2, 0.25) is 0 Å². The van der Waals surface area contributed by atoms with E-state index in [0.717, 1.165) is 39.2 Å². The maximum atomic E-state index is 14.0. The van der Waals surface area contributed by atoms with Crippen LogP contribution in [0, 0.1) is 11.6 Å². The number of carbonyl (C=O) groups excluding carboxylic acids is 2. The number of hydrogen-bond acceptors (Lipinski definition) is 3. The maximum Gasteiger partial charge on any atom is 0.289 e. The summed E-state index contributed by atoms with van der Waals surface area (Å²) in [4.78, 5) is 25.3. The van der Waals surface area contributed by atoms with E-state index >= 15 is 0 Å². The van der Waals surface area contributed by atoms with Crippen molar-refractivity contribution in [2.45, 2.75) is 11.8 Å². The molecule has 4 nitrogen and oxygen atoms in total. The summed E-state index contributed by atoms with van der Waals surface area (Å²) >= 11 is 0.994. The summed E-state index contributed by atoms with van der Waals surface area (Å²) in [5, 5.41) is -0.0107. The second-order valence-corrected chi connectivity index (χ2v) is 7.18. The number of hydrogen-bond donors (Lipinski definition) is 0. The van der Waals surface area contributed by atoms with Crippen molar-refractivity contribution in [3.8, 4) is 0 Å². The van der Waals surface area contributed by atoms with Crippen molar-refractivity contribution < 1.29 is 18.4 Å². The first kappa shape index (κ1) is 16.8. The molecule has 0 saturated carbocycles. The Balaban J connectivity index is 1.74. The van der Waals surface area contributed by atoms with Gasteiger partial charge < -0.3 is 4.57 Å². The average molecular weight is 372 g/mol. The summed E-state index contributed by atoms with van der Waals surface area (Å²) in [6.07, 6.45) is 1.80. The minimum Gasteiger partial charge on any atom is -0.343 e. The van der Waals surface area contributed by atoms with E-state index in [0.29, 0.717) is 5.56 Å². The lowest BCUT2D eigenvalue weighted by Crippen LogP contribution is -2.24. The minimum atomic E-state index is -0.614. The van der Waals surface area contributed by atoms with E-state index in [9.17, 15) is 18.4 Å². The van der Waals surface area contributed by atoms with Crippen molar-refractivity contribution in [3.63, 3.8) is 0 Å². The molecule has 4 rings (SSSR count). The van der Waals surface area contributed by atoms with Gasteiger partial charge in [0.05, 0.1) is 6.54 Å². The van der Waals surface area contributed by atoms with E-state index < -0.39 is 16.9 Å². The topological polar surface area (TPSA) is 42.3 Å². The van der Waals surface area contributed by atoms with Gasteiger partial charge in [-0.2, -0.15) is 0 Å². The average Bonchev–Trinajstić information content (AvgIpc) is 3.14. The van der Waals surface area contributed by atoms with Crippen molar-refractivity contribution in [2.24, 2.45) is 0 Å². The fraction of sp³-hybridized carbons (Fsp3) is 0.158.